The van der Waals surface area contributed by atoms with Crippen molar-refractivity contribution in [2.75, 3.05) is 37.8 Å². The topological polar surface area (TPSA) is 30.9 Å². The minimum Gasteiger partial charge on any atom is -0.465 e. The van der Waals surface area contributed by atoms with Gasteiger partial charge in [0.15, 0.2) is 6.29 Å². The van der Waals surface area contributed by atoms with Crippen molar-refractivity contribution in [3.63, 3.8) is 0 Å². The fourth-order valence-corrected chi connectivity index (χ4v) is 2.53. The molecule has 0 radical (unpaired) electrons. The predicted molar refractivity (Wildman–Crippen MR) is 73.6 cm³/mol. The summed E-state index contributed by atoms with van der Waals surface area (Å²) in [6, 6.07) is 8.27. The molecule has 19 heavy (non-hydrogen) atoms. The molecular weight excluding hydrogens is 242 g/mol. The smallest absolute Gasteiger partial charge is 0.200 e. The summed E-state index contributed by atoms with van der Waals surface area (Å²) in [5.74, 6) is 1.48. The molecule has 1 aromatic rings. The number of anilines is 1. The maximum absolute atomic E-state index is 5.82. The lowest BCUT2D eigenvalue weighted by molar-refractivity contribution is -0.0393. The van der Waals surface area contributed by atoms with Crippen molar-refractivity contribution in [3.05, 3.63) is 24.3 Å². The van der Waals surface area contributed by atoms with Crippen LogP contribution in [0.2, 0.25) is 0 Å². The van der Waals surface area contributed by atoms with E-state index in [4.69, 9.17) is 14.2 Å². The predicted octanol–water partition coefficient (Wildman–Crippen LogP) is 2.28. The Morgan fingerprint density at radius 3 is 2.53 bits per heavy atom. The largest absolute Gasteiger partial charge is 0.465 e. The summed E-state index contributed by atoms with van der Waals surface area (Å²) < 4.78 is 16.7. The van der Waals surface area contributed by atoms with Gasteiger partial charge >= 0.3 is 0 Å². The van der Waals surface area contributed by atoms with Crippen LogP contribution >= 0.6 is 0 Å². The lowest BCUT2D eigenvalue weighted by Crippen LogP contribution is -2.36. The molecule has 2 saturated heterocycles. The molecule has 2 heterocycles. The van der Waals surface area contributed by atoms with E-state index in [-0.39, 0.29) is 6.29 Å². The van der Waals surface area contributed by atoms with Crippen LogP contribution in [-0.2, 0) is 9.47 Å². The van der Waals surface area contributed by atoms with Crippen molar-refractivity contribution in [3.8, 4) is 5.75 Å². The monoisotopic (exact) mass is 263 g/mol. The van der Waals surface area contributed by atoms with Crippen LogP contribution in [0.5, 0.6) is 5.75 Å². The van der Waals surface area contributed by atoms with Crippen LogP contribution in [0.3, 0.4) is 0 Å². The molecule has 0 aromatic heterocycles. The Kier molecular flexibility index (Phi) is 3.89. The molecule has 0 spiro atoms. The lowest BCUT2D eigenvalue weighted by atomic mass is 10.1. The van der Waals surface area contributed by atoms with Gasteiger partial charge in [-0.05, 0) is 30.2 Å². The zero-order valence-electron chi connectivity index (χ0n) is 11.4. The van der Waals surface area contributed by atoms with Crippen LogP contribution < -0.4 is 9.64 Å². The molecule has 4 nitrogen and oxygen atoms in total. The molecule has 104 valence electrons. The van der Waals surface area contributed by atoms with Crippen LogP contribution in [0.15, 0.2) is 24.3 Å². The number of rotatable bonds is 3. The maximum atomic E-state index is 5.82. The average molecular weight is 263 g/mol. The molecule has 2 atom stereocenters. The molecule has 2 fully saturated rings. The highest BCUT2D eigenvalue weighted by atomic mass is 16.7. The second-order valence-corrected chi connectivity index (χ2v) is 5.31. The molecule has 3 rings (SSSR count). The normalized spacial score (nSPS) is 27.5. The third-order valence-corrected chi connectivity index (χ3v) is 3.64. The van der Waals surface area contributed by atoms with Crippen LogP contribution in [0.25, 0.3) is 0 Å². The van der Waals surface area contributed by atoms with E-state index < -0.39 is 0 Å². The van der Waals surface area contributed by atoms with Gasteiger partial charge < -0.3 is 19.1 Å². The lowest BCUT2D eigenvalue weighted by Gasteiger charge is -2.29. The molecule has 4 heteroatoms. The number of hydrogen-bond donors (Lipinski definition) is 0. The van der Waals surface area contributed by atoms with Gasteiger partial charge in [0, 0.05) is 25.2 Å². The van der Waals surface area contributed by atoms with E-state index >= 15 is 0 Å². The molecule has 0 aliphatic carbocycles. The Hall–Kier alpha value is -1.26. The highest BCUT2D eigenvalue weighted by molar-refractivity contribution is 5.49. The first-order chi connectivity index (χ1) is 9.31. The maximum Gasteiger partial charge on any atom is 0.200 e. The SMILES string of the molecule is C[C@H]1COC(Oc2ccc(N3CCOCC3)cc2)C1. The summed E-state index contributed by atoms with van der Waals surface area (Å²) in [7, 11) is 0. The summed E-state index contributed by atoms with van der Waals surface area (Å²) in [5, 5.41) is 0. The van der Waals surface area contributed by atoms with Crippen molar-refractivity contribution < 1.29 is 14.2 Å². The molecule has 2 aliphatic heterocycles. The summed E-state index contributed by atoms with van der Waals surface area (Å²) in [6.45, 7) is 6.53. The molecule has 1 unspecified atom stereocenters. The van der Waals surface area contributed by atoms with Gasteiger partial charge in [-0.2, -0.15) is 0 Å². The summed E-state index contributed by atoms with van der Waals surface area (Å²) >= 11 is 0. The minimum atomic E-state index is -0.0794. The van der Waals surface area contributed by atoms with Crippen molar-refractivity contribution in [2.24, 2.45) is 5.92 Å². The second-order valence-electron chi connectivity index (χ2n) is 5.31. The quantitative estimate of drug-likeness (QED) is 0.837. The van der Waals surface area contributed by atoms with Crippen LogP contribution in [0.1, 0.15) is 13.3 Å². The van der Waals surface area contributed by atoms with Gasteiger partial charge in [0.1, 0.15) is 5.75 Å². The van der Waals surface area contributed by atoms with Crippen molar-refractivity contribution >= 4 is 5.69 Å². The molecule has 0 saturated carbocycles. The summed E-state index contributed by atoms with van der Waals surface area (Å²) in [4.78, 5) is 2.33. The van der Waals surface area contributed by atoms with Crippen LogP contribution in [-0.4, -0.2) is 39.2 Å². The van der Waals surface area contributed by atoms with E-state index in [0.717, 1.165) is 45.1 Å². The first-order valence-corrected chi connectivity index (χ1v) is 7.02. The first-order valence-electron chi connectivity index (χ1n) is 7.02. The van der Waals surface area contributed by atoms with Gasteiger partial charge in [-0.15, -0.1) is 0 Å². The standard InChI is InChI=1S/C15H21NO3/c1-12-10-15(18-11-12)19-14-4-2-13(3-5-14)16-6-8-17-9-7-16/h2-5,12,15H,6-11H2,1H3/t12-,15?/m1/s1. The Morgan fingerprint density at radius 1 is 1.16 bits per heavy atom. The van der Waals surface area contributed by atoms with Crippen LogP contribution in [0.4, 0.5) is 5.69 Å². The van der Waals surface area contributed by atoms with Crippen LogP contribution in [0, 0.1) is 5.92 Å². The van der Waals surface area contributed by atoms with Gasteiger partial charge in [-0.25, -0.2) is 0 Å². The fourth-order valence-electron chi connectivity index (χ4n) is 2.53. The minimum absolute atomic E-state index is 0.0794. The molecule has 0 bridgehead atoms. The number of benzene rings is 1. The van der Waals surface area contributed by atoms with Crippen molar-refractivity contribution in [1.82, 2.24) is 0 Å². The molecule has 0 amide bonds. The summed E-state index contributed by atoms with van der Waals surface area (Å²) in [5.41, 5.74) is 1.23. The zero-order valence-corrected chi connectivity index (χ0v) is 11.4. The Bertz CT molecular complexity index is 400. The van der Waals surface area contributed by atoms with E-state index in [1.165, 1.54) is 5.69 Å². The van der Waals surface area contributed by atoms with E-state index in [1.54, 1.807) is 0 Å². The number of nitrogens with zero attached hydrogens (tertiary/aromatic N) is 1. The Balaban J connectivity index is 1.59. The van der Waals surface area contributed by atoms with Gasteiger partial charge in [0.2, 0.25) is 0 Å². The Labute approximate surface area is 114 Å². The van der Waals surface area contributed by atoms with E-state index in [0.29, 0.717) is 5.92 Å². The van der Waals surface area contributed by atoms with Crippen molar-refractivity contribution in [1.29, 1.82) is 0 Å². The van der Waals surface area contributed by atoms with E-state index in [1.807, 2.05) is 12.1 Å². The number of hydrogen-bond acceptors (Lipinski definition) is 4. The third-order valence-electron chi connectivity index (χ3n) is 3.64. The number of morpholine rings is 1. The van der Waals surface area contributed by atoms with Crippen molar-refractivity contribution in [2.45, 2.75) is 19.6 Å². The Morgan fingerprint density at radius 2 is 1.89 bits per heavy atom. The van der Waals surface area contributed by atoms with Gasteiger partial charge in [0.25, 0.3) is 0 Å². The fraction of sp³-hybridized carbons (Fsp3) is 0.600. The number of ether oxygens (including phenoxy) is 3. The van der Waals surface area contributed by atoms with Gasteiger partial charge in [-0.1, -0.05) is 6.92 Å². The first kappa shape index (κ1) is 12.8. The highest BCUT2D eigenvalue weighted by Gasteiger charge is 2.23. The second kappa shape index (κ2) is 5.80. The van der Waals surface area contributed by atoms with Gasteiger partial charge in [0.05, 0.1) is 19.8 Å². The third kappa shape index (κ3) is 3.19. The molecule has 2 aliphatic rings. The highest BCUT2D eigenvalue weighted by Crippen LogP contribution is 2.25. The molecule has 0 N–H and O–H groups in total. The van der Waals surface area contributed by atoms with Gasteiger partial charge in [-0.3, -0.25) is 0 Å². The van der Waals surface area contributed by atoms with E-state index in [9.17, 15) is 0 Å². The molecular formula is C15H21NO3. The summed E-state index contributed by atoms with van der Waals surface area (Å²) in [6.07, 6.45) is 0.898. The average Bonchev–Trinajstić information content (AvgIpc) is 2.86. The van der Waals surface area contributed by atoms with E-state index in [2.05, 4.69) is 24.0 Å². The zero-order chi connectivity index (χ0) is 13.1. The molecule has 1 aromatic carbocycles.